The van der Waals surface area contributed by atoms with E-state index in [1.54, 1.807) is 0 Å². The topological polar surface area (TPSA) is 37.2 Å². The SMILES string of the molecule is CNCc1c(CCCCNC2CC2)oc2ccccc12. The first-order valence-electron chi connectivity index (χ1n) is 7.75. The summed E-state index contributed by atoms with van der Waals surface area (Å²) in [6, 6.07) is 9.16. The average molecular weight is 272 g/mol. The molecule has 1 aliphatic rings. The predicted octanol–water partition coefficient (Wildman–Crippen LogP) is 3.23. The highest BCUT2D eigenvalue weighted by atomic mass is 16.3. The van der Waals surface area contributed by atoms with Crippen LogP contribution < -0.4 is 10.6 Å². The van der Waals surface area contributed by atoms with Crippen LogP contribution in [0.2, 0.25) is 0 Å². The van der Waals surface area contributed by atoms with Crippen molar-refractivity contribution in [1.29, 1.82) is 0 Å². The predicted molar refractivity (Wildman–Crippen MR) is 82.9 cm³/mol. The second-order valence-electron chi connectivity index (χ2n) is 5.72. The molecule has 0 unspecified atom stereocenters. The molecule has 1 aromatic carbocycles. The highest BCUT2D eigenvalue weighted by Gasteiger charge is 2.19. The normalized spacial score (nSPS) is 15.1. The lowest BCUT2D eigenvalue weighted by Gasteiger charge is -2.04. The molecule has 0 atom stereocenters. The number of aryl methyl sites for hydroxylation is 1. The van der Waals surface area contributed by atoms with Crippen LogP contribution >= 0.6 is 0 Å². The number of hydrogen-bond acceptors (Lipinski definition) is 3. The molecule has 2 aromatic rings. The van der Waals surface area contributed by atoms with Crippen LogP contribution in [0.3, 0.4) is 0 Å². The maximum atomic E-state index is 6.03. The zero-order chi connectivity index (χ0) is 13.8. The monoisotopic (exact) mass is 272 g/mol. The second-order valence-corrected chi connectivity index (χ2v) is 5.72. The van der Waals surface area contributed by atoms with Crippen molar-refractivity contribution in [3.63, 3.8) is 0 Å². The summed E-state index contributed by atoms with van der Waals surface area (Å²) in [6.07, 6.45) is 6.20. The Morgan fingerprint density at radius 3 is 2.85 bits per heavy atom. The minimum atomic E-state index is 0.820. The number of para-hydroxylation sites is 1. The number of nitrogens with one attached hydrogen (secondary N) is 2. The van der Waals surface area contributed by atoms with Crippen molar-refractivity contribution in [2.45, 2.75) is 44.7 Å². The van der Waals surface area contributed by atoms with Gasteiger partial charge in [0.2, 0.25) is 0 Å². The smallest absolute Gasteiger partial charge is 0.134 e. The van der Waals surface area contributed by atoms with Crippen molar-refractivity contribution < 1.29 is 4.42 Å². The van der Waals surface area contributed by atoms with E-state index in [1.165, 1.54) is 36.6 Å². The van der Waals surface area contributed by atoms with E-state index >= 15 is 0 Å². The van der Waals surface area contributed by atoms with Crippen LogP contribution in [0.4, 0.5) is 0 Å². The van der Waals surface area contributed by atoms with Crippen molar-refractivity contribution in [2.75, 3.05) is 13.6 Å². The molecule has 0 aliphatic heterocycles. The van der Waals surface area contributed by atoms with Crippen LogP contribution in [0.25, 0.3) is 11.0 Å². The van der Waals surface area contributed by atoms with E-state index in [2.05, 4.69) is 28.8 Å². The molecule has 0 radical (unpaired) electrons. The van der Waals surface area contributed by atoms with Gasteiger partial charge in [0, 0.05) is 30.0 Å². The van der Waals surface area contributed by atoms with Crippen LogP contribution in [0, 0.1) is 0 Å². The molecule has 1 heterocycles. The molecule has 1 aromatic heterocycles. The number of hydrogen-bond donors (Lipinski definition) is 2. The van der Waals surface area contributed by atoms with Gasteiger partial charge in [-0.05, 0) is 45.3 Å². The Hall–Kier alpha value is -1.32. The molecule has 1 fully saturated rings. The van der Waals surface area contributed by atoms with Gasteiger partial charge in [0.25, 0.3) is 0 Å². The standard InChI is InChI=1S/C17H24N2O/c1-18-12-15-14-6-2-3-7-16(14)20-17(15)8-4-5-11-19-13-9-10-13/h2-3,6-7,13,18-19H,4-5,8-12H2,1H3. The van der Waals surface area contributed by atoms with Crippen LogP contribution in [0.1, 0.15) is 37.0 Å². The summed E-state index contributed by atoms with van der Waals surface area (Å²) in [7, 11) is 1.99. The highest BCUT2D eigenvalue weighted by molar-refractivity contribution is 5.82. The van der Waals surface area contributed by atoms with E-state index in [9.17, 15) is 0 Å². The quantitative estimate of drug-likeness (QED) is 0.724. The number of unbranched alkanes of at least 4 members (excludes halogenated alkanes) is 1. The minimum Gasteiger partial charge on any atom is -0.461 e. The molecule has 1 aliphatic carbocycles. The molecular formula is C17H24N2O. The molecule has 2 N–H and O–H groups in total. The summed E-state index contributed by atoms with van der Waals surface area (Å²) in [5.41, 5.74) is 2.35. The lowest BCUT2D eigenvalue weighted by molar-refractivity contribution is 0.517. The van der Waals surface area contributed by atoms with Gasteiger partial charge in [-0.3, -0.25) is 0 Å². The van der Waals surface area contributed by atoms with Crippen LogP contribution in [-0.4, -0.2) is 19.6 Å². The fourth-order valence-corrected chi connectivity index (χ4v) is 2.73. The molecule has 3 rings (SSSR count). The number of benzene rings is 1. The van der Waals surface area contributed by atoms with Crippen molar-refractivity contribution in [2.24, 2.45) is 0 Å². The molecule has 0 spiro atoms. The molecule has 3 heteroatoms. The van der Waals surface area contributed by atoms with Gasteiger partial charge in [0.1, 0.15) is 11.3 Å². The van der Waals surface area contributed by atoms with Gasteiger partial charge in [0.05, 0.1) is 0 Å². The number of furan rings is 1. The summed E-state index contributed by atoms with van der Waals surface area (Å²) in [5, 5.41) is 8.08. The van der Waals surface area contributed by atoms with E-state index in [-0.39, 0.29) is 0 Å². The number of rotatable bonds is 8. The largest absolute Gasteiger partial charge is 0.461 e. The molecule has 108 valence electrons. The Balaban J connectivity index is 1.61. The van der Waals surface area contributed by atoms with Gasteiger partial charge >= 0.3 is 0 Å². The third kappa shape index (κ3) is 3.22. The van der Waals surface area contributed by atoms with E-state index in [1.807, 2.05) is 13.1 Å². The van der Waals surface area contributed by atoms with Gasteiger partial charge in [-0.25, -0.2) is 0 Å². The van der Waals surface area contributed by atoms with E-state index in [0.717, 1.165) is 36.9 Å². The summed E-state index contributed by atoms with van der Waals surface area (Å²) >= 11 is 0. The third-order valence-corrected chi connectivity index (χ3v) is 3.98. The maximum Gasteiger partial charge on any atom is 0.134 e. The summed E-state index contributed by atoms with van der Waals surface area (Å²) in [6.45, 7) is 2.03. The van der Waals surface area contributed by atoms with Gasteiger partial charge in [0.15, 0.2) is 0 Å². The Labute approximate surface area is 120 Å². The Kier molecular flexibility index (Phi) is 4.38. The maximum absolute atomic E-state index is 6.03. The molecule has 0 bridgehead atoms. The van der Waals surface area contributed by atoms with Gasteiger partial charge in [-0.1, -0.05) is 18.2 Å². The van der Waals surface area contributed by atoms with Crippen molar-refractivity contribution in [3.05, 3.63) is 35.6 Å². The third-order valence-electron chi connectivity index (χ3n) is 3.98. The van der Waals surface area contributed by atoms with E-state index in [4.69, 9.17) is 4.42 Å². The fraction of sp³-hybridized carbons (Fsp3) is 0.529. The fourth-order valence-electron chi connectivity index (χ4n) is 2.73. The van der Waals surface area contributed by atoms with Crippen molar-refractivity contribution >= 4 is 11.0 Å². The molecule has 0 saturated heterocycles. The first-order valence-corrected chi connectivity index (χ1v) is 7.75. The summed E-state index contributed by atoms with van der Waals surface area (Å²) < 4.78 is 6.03. The summed E-state index contributed by atoms with van der Waals surface area (Å²) in [4.78, 5) is 0. The van der Waals surface area contributed by atoms with Crippen molar-refractivity contribution in [3.8, 4) is 0 Å². The first kappa shape index (κ1) is 13.7. The molecular weight excluding hydrogens is 248 g/mol. The van der Waals surface area contributed by atoms with Crippen LogP contribution in [0.5, 0.6) is 0 Å². The molecule has 0 amide bonds. The molecule has 20 heavy (non-hydrogen) atoms. The lowest BCUT2D eigenvalue weighted by Crippen LogP contribution is -2.17. The molecule has 3 nitrogen and oxygen atoms in total. The van der Waals surface area contributed by atoms with Gasteiger partial charge in [-0.15, -0.1) is 0 Å². The highest BCUT2D eigenvalue weighted by Crippen LogP contribution is 2.27. The van der Waals surface area contributed by atoms with Crippen LogP contribution in [-0.2, 0) is 13.0 Å². The van der Waals surface area contributed by atoms with Crippen LogP contribution in [0.15, 0.2) is 28.7 Å². The Bertz CT molecular complexity index is 557. The minimum absolute atomic E-state index is 0.820. The van der Waals surface area contributed by atoms with E-state index < -0.39 is 0 Å². The zero-order valence-electron chi connectivity index (χ0n) is 12.2. The average Bonchev–Trinajstić information content (AvgIpc) is 3.22. The van der Waals surface area contributed by atoms with Crippen molar-refractivity contribution in [1.82, 2.24) is 10.6 Å². The summed E-state index contributed by atoms with van der Waals surface area (Å²) in [5.74, 6) is 1.16. The zero-order valence-corrected chi connectivity index (χ0v) is 12.2. The lowest BCUT2D eigenvalue weighted by atomic mass is 10.1. The van der Waals surface area contributed by atoms with E-state index in [0.29, 0.717) is 0 Å². The van der Waals surface area contributed by atoms with Gasteiger partial charge < -0.3 is 15.1 Å². The Morgan fingerprint density at radius 1 is 1.20 bits per heavy atom. The molecule has 1 saturated carbocycles. The first-order chi connectivity index (χ1) is 9.88. The van der Waals surface area contributed by atoms with Gasteiger partial charge in [-0.2, -0.15) is 0 Å². The second kappa shape index (κ2) is 6.42. The Morgan fingerprint density at radius 2 is 2.05 bits per heavy atom. The number of fused-ring (bicyclic) bond motifs is 1.